The lowest BCUT2D eigenvalue weighted by Gasteiger charge is -2.14. The Morgan fingerprint density at radius 1 is 0.812 bits per heavy atom. The van der Waals surface area contributed by atoms with Gasteiger partial charge < -0.3 is 19.5 Å². The first-order valence-electron chi connectivity index (χ1n) is 9.93. The molecule has 1 atom stereocenters. The molecule has 0 bridgehead atoms. The van der Waals surface area contributed by atoms with Gasteiger partial charge in [0.05, 0.1) is 18.2 Å². The highest BCUT2D eigenvalue weighted by molar-refractivity contribution is 5.98. The van der Waals surface area contributed by atoms with E-state index in [0.717, 1.165) is 5.56 Å². The third-order valence-corrected chi connectivity index (χ3v) is 4.56. The molecule has 1 N–H and O–H groups in total. The van der Waals surface area contributed by atoms with Crippen molar-refractivity contribution in [2.45, 2.75) is 19.6 Å². The van der Waals surface area contributed by atoms with Crippen LogP contribution in [0.1, 0.15) is 33.2 Å². The normalized spacial score (nSPS) is 11.2. The predicted octanol–water partition coefficient (Wildman–Crippen LogP) is 4.24. The molecule has 3 rings (SSSR count). The second-order valence-electron chi connectivity index (χ2n) is 6.90. The van der Waals surface area contributed by atoms with Gasteiger partial charge in [0, 0.05) is 5.69 Å². The zero-order valence-corrected chi connectivity index (χ0v) is 17.7. The number of carbonyl (C=O) groups is 3. The fourth-order valence-electron chi connectivity index (χ4n) is 2.76. The Kier molecular flexibility index (Phi) is 7.59. The number of hydrogen-bond acceptors (Lipinski definition) is 6. The molecule has 7 nitrogen and oxygen atoms in total. The van der Waals surface area contributed by atoms with Gasteiger partial charge in [-0.1, -0.05) is 30.3 Å². The maximum Gasteiger partial charge on any atom is 0.338 e. The van der Waals surface area contributed by atoms with E-state index < -0.39 is 23.9 Å². The van der Waals surface area contributed by atoms with Crippen molar-refractivity contribution in [3.05, 3.63) is 95.6 Å². The first-order valence-corrected chi connectivity index (χ1v) is 9.93. The molecule has 3 aromatic rings. The lowest BCUT2D eigenvalue weighted by Crippen LogP contribution is -2.30. The number of amides is 1. The van der Waals surface area contributed by atoms with Gasteiger partial charge in [0.2, 0.25) is 0 Å². The number of esters is 2. The molecule has 0 saturated carbocycles. The van der Waals surface area contributed by atoms with Crippen molar-refractivity contribution in [2.75, 3.05) is 12.4 Å². The van der Waals surface area contributed by atoms with Crippen molar-refractivity contribution in [1.82, 2.24) is 0 Å². The summed E-state index contributed by atoms with van der Waals surface area (Å²) in [7, 11) is 1.27. The largest absolute Gasteiger partial charge is 0.489 e. The molecule has 0 aliphatic carbocycles. The van der Waals surface area contributed by atoms with Crippen LogP contribution in [-0.2, 0) is 20.9 Å². The predicted molar refractivity (Wildman–Crippen MR) is 119 cm³/mol. The molecule has 164 valence electrons. The van der Waals surface area contributed by atoms with Crippen LogP contribution in [-0.4, -0.2) is 31.1 Å². The Labute approximate surface area is 185 Å². The first-order chi connectivity index (χ1) is 15.5. The molecule has 0 saturated heterocycles. The Hall–Kier alpha value is -4.13. The van der Waals surface area contributed by atoms with E-state index >= 15 is 0 Å². The highest BCUT2D eigenvalue weighted by Gasteiger charge is 2.19. The molecule has 1 amide bonds. The SMILES string of the molecule is COC(=O)c1ccc(C(=O)OC(C)C(=O)Nc2ccc(OCc3ccccc3)cc2)cc1. The Morgan fingerprint density at radius 3 is 2.00 bits per heavy atom. The van der Waals surface area contributed by atoms with Crippen LogP contribution >= 0.6 is 0 Å². The van der Waals surface area contributed by atoms with E-state index in [0.29, 0.717) is 23.6 Å². The quantitative estimate of drug-likeness (QED) is 0.535. The van der Waals surface area contributed by atoms with Gasteiger partial charge >= 0.3 is 11.9 Å². The Bertz CT molecular complexity index is 1060. The fraction of sp³-hybridized carbons (Fsp3) is 0.160. The zero-order valence-electron chi connectivity index (χ0n) is 17.7. The Balaban J connectivity index is 1.50. The van der Waals surface area contributed by atoms with E-state index in [1.165, 1.54) is 38.3 Å². The van der Waals surface area contributed by atoms with Gasteiger partial charge in [0.1, 0.15) is 12.4 Å². The number of methoxy groups -OCH3 is 1. The third-order valence-electron chi connectivity index (χ3n) is 4.56. The maximum absolute atomic E-state index is 12.4. The minimum atomic E-state index is -1.02. The van der Waals surface area contributed by atoms with Crippen LogP contribution in [0.5, 0.6) is 5.75 Å². The smallest absolute Gasteiger partial charge is 0.338 e. The molecule has 0 aliphatic heterocycles. The Morgan fingerprint density at radius 2 is 1.41 bits per heavy atom. The molecular formula is C25H23NO6. The number of benzene rings is 3. The van der Waals surface area contributed by atoms with Gasteiger partial charge in [-0.3, -0.25) is 4.79 Å². The van der Waals surface area contributed by atoms with Crippen LogP contribution in [0.2, 0.25) is 0 Å². The molecule has 7 heteroatoms. The van der Waals surface area contributed by atoms with Crippen molar-refractivity contribution >= 4 is 23.5 Å². The van der Waals surface area contributed by atoms with Crippen LogP contribution < -0.4 is 10.1 Å². The van der Waals surface area contributed by atoms with Crippen LogP contribution in [0.3, 0.4) is 0 Å². The number of nitrogens with one attached hydrogen (secondary N) is 1. The summed E-state index contributed by atoms with van der Waals surface area (Å²) in [6.07, 6.45) is -1.02. The molecular weight excluding hydrogens is 410 g/mol. The highest BCUT2D eigenvalue weighted by Crippen LogP contribution is 2.18. The maximum atomic E-state index is 12.4. The van der Waals surface area contributed by atoms with Gasteiger partial charge in [0.25, 0.3) is 5.91 Å². The van der Waals surface area contributed by atoms with Crippen LogP contribution in [0.4, 0.5) is 5.69 Å². The van der Waals surface area contributed by atoms with Gasteiger partial charge in [-0.05, 0) is 61.0 Å². The minimum absolute atomic E-state index is 0.220. The van der Waals surface area contributed by atoms with Gasteiger partial charge in [-0.25, -0.2) is 9.59 Å². The van der Waals surface area contributed by atoms with Crippen molar-refractivity contribution in [3.8, 4) is 5.75 Å². The van der Waals surface area contributed by atoms with Crippen molar-refractivity contribution in [1.29, 1.82) is 0 Å². The molecule has 0 fully saturated rings. The average molecular weight is 433 g/mol. The van der Waals surface area contributed by atoms with E-state index in [1.54, 1.807) is 24.3 Å². The van der Waals surface area contributed by atoms with Gasteiger partial charge in [0.15, 0.2) is 6.10 Å². The molecule has 0 radical (unpaired) electrons. The van der Waals surface area contributed by atoms with Crippen LogP contribution in [0.15, 0.2) is 78.9 Å². The van der Waals surface area contributed by atoms with E-state index in [-0.39, 0.29) is 5.56 Å². The molecule has 1 unspecified atom stereocenters. The number of anilines is 1. The van der Waals surface area contributed by atoms with Crippen LogP contribution in [0.25, 0.3) is 0 Å². The minimum Gasteiger partial charge on any atom is -0.489 e. The number of rotatable bonds is 8. The molecule has 3 aromatic carbocycles. The monoisotopic (exact) mass is 433 g/mol. The standard InChI is InChI=1S/C25H23NO6/c1-17(32-25(29)20-10-8-19(9-11-20)24(28)30-2)23(27)26-21-12-14-22(15-13-21)31-16-18-6-4-3-5-7-18/h3-15,17H,16H2,1-2H3,(H,26,27). The summed E-state index contributed by atoms with van der Waals surface area (Å²) in [5, 5.41) is 2.70. The van der Waals surface area contributed by atoms with E-state index in [9.17, 15) is 14.4 Å². The van der Waals surface area contributed by atoms with Crippen molar-refractivity contribution in [2.24, 2.45) is 0 Å². The van der Waals surface area contributed by atoms with E-state index in [2.05, 4.69) is 10.1 Å². The lowest BCUT2D eigenvalue weighted by atomic mass is 10.1. The summed E-state index contributed by atoms with van der Waals surface area (Å²) in [4.78, 5) is 36.1. The summed E-state index contributed by atoms with van der Waals surface area (Å²) >= 11 is 0. The summed E-state index contributed by atoms with van der Waals surface area (Å²) < 4.78 is 15.6. The summed E-state index contributed by atoms with van der Waals surface area (Å²) in [5.41, 5.74) is 2.14. The van der Waals surface area contributed by atoms with E-state index in [1.807, 2.05) is 30.3 Å². The molecule has 0 spiro atoms. The second-order valence-corrected chi connectivity index (χ2v) is 6.90. The molecule has 0 aliphatic rings. The second kappa shape index (κ2) is 10.8. The number of carbonyl (C=O) groups excluding carboxylic acids is 3. The summed E-state index contributed by atoms with van der Waals surface area (Å²) in [6.45, 7) is 1.92. The third kappa shape index (κ3) is 6.18. The number of hydrogen-bond donors (Lipinski definition) is 1. The summed E-state index contributed by atoms with van der Waals surface area (Å²) in [5.74, 6) is -0.980. The van der Waals surface area contributed by atoms with Gasteiger partial charge in [-0.15, -0.1) is 0 Å². The van der Waals surface area contributed by atoms with Crippen molar-refractivity contribution < 1.29 is 28.6 Å². The molecule has 0 heterocycles. The summed E-state index contributed by atoms with van der Waals surface area (Å²) in [6, 6.07) is 22.5. The highest BCUT2D eigenvalue weighted by atomic mass is 16.5. The molecule has 32 heavy (non-hydrogen) atoms. The first kappa shape index (κ1) is 22.6. The lowest BCUT2D eigenvalue weighted by molar-refractivity contribution is -0.123. The topological polar surface area (TPSA) is 90.9 Å². The molecule has 0 aromatic heterocycles. The van der Waals surface area contributed by atoms with Crippen molar-refractivity contribution in [3.63, 3.8) is 0 Å². The van der Waals surface area contributed by atoms with Crippen LogP contribution in [0, 0.1) is 0 Å². The zero-order chi connectivity index (χ0) is 22.9. The fourth-order valence-corrected chi connectivity index (χ4v) is 2.76. The van der Waals surface area contributed by atoms with E-state index in [4.69, 9.17) is 9.47 Å². The van der Waals surface area contributed by atoms with Gasteiger partial charge in [-0.2, -0.15) is 0 Å². The number of ether oxygens (including phenoxy) is 3. The average Bonchev–Trinajstić information content (AvgIpc) is 2.83.